The van der Waals surface area contributed by atoms with Crippen LogP contribution in [0.5, 0.6) is 0 Å². The van der Waals surface area contributed by atoms with Crippen LogP contribution in [-0.4, -0.2) is 21.5 Å². The summed E-state index contributed by atoms with van der Waals surface area (Å²) in [7, 11) is 0. The van der Waals surface area contributed by atoms with E-state index in [-0.39, 0.29) is 17.4 Å². The van der Waals surface area contributed by atoms with Gasteiger partial charge in [-0.2, -0.15) is 4.98 Å². The Morgan fingerprint density at radius 2 is 1.96 bits per heavy atom. The molecule has 0 radical (unpaired) electrons. The van der Waals surface area contributed by atoms with Crippen molar-refractivity contribution in [3.05, 3.63) is 71.1 Å². The van der Waals surface area contributed by atoms with E-state index in [1.807, 2.05) is 36.4 Å². The first kappa shape index (κ1) is 18.7. The lowest BCUT2D eigenvalue weighted by atomic mass is 10.0. The number of aromatic nitrogens is 2. The van der Waals surface area contributed by atoms with Crippen LogP contribution in [0, 0.1) is 13.8 Å². The Labute approximate surface area is 168 Å². The number of rotatable bonds is 5. The molecule has 3 aromatic rings. The molecule has 1 aromatic heterocycles. The molecular formula is C21H22N4O2S. The van der Waals surface area contributed by atoms with Gasteiger partial charge in [0.15, 0.2) is 0 Å². The van der Waals surface area contributed by atoms with Crippen LogP contribution < -0.4 is 10.6 Å². The quantitative estimate of drug-likeness (QED) is 0.687. The van der Waals surface area contributed by atoms with E-state index in [4.69, 9.17) is 4.52 Å². The fourth-order valence-corrected chi connectivity index (χ4v) is 4.03. The summed E-state index contributed by atoms with van der Waals surface area (Å²) in [5.74, 6) is 1.67. The summed E-state index contributed by atoms with van der Waals surface area (Å²) in [6, 6.07) is 16.1. The Balaban J connectivity index is 1.39. The largest absolute Gasteiger partial charge is 0.338 e. The molecular weight excluding hydrogens is 372 g/mol. The second-order valence-corrected chi connectivity index (χ2v) is 8.00. The number of thioether (sulfide) groups is 1. The molecule has 2 heterocycles. The molecule has 0 saturated carbocycles. The van der Waals surface area contributed by atoms with Gasteiger partial charge in [0.05, 0.1) is 5.75 Å². The fourth-order valence-electron chi connectivity index (χ4n) is 3.13. The second kappa shape index (κ2) is 8.16. The third kappa shape index (κ3) is 4.26. The van der Waals surface area contributed by atoms with Crippen molar-refractivity contribution in [3.63, 3.8) is 0 Å². The van der Waals surface area contributed by atoms with Gasteiger partial charge in [-0.15, -0.1) is 11.8 Å². The van der Waals surface area contributed by atoms with Gasteiger partial charge in [0.25, 0.3) is 0 Å². The third-order valence-corrected chi connectivity index (χ3v) is 5.84. The monoisotopic (exact) mass is 394 g/mol. The van der Waals surface area contributed by atoms with Gasteiger partial charge in [0, 0.05) is 18.0 Å². The van der Waals surface area contributed by atoms with Gasteiger partial charge < -0.3 is 9.84 Å². The molecule has 144 valence electrons. The standard InChI is InChI=1S/C21H22N4O2S/c1-13-8-9-16(10-14(13)2)20-24-19(27-25-20)12-28-21-22-17(11-18(26)23-21)15-6-4-3-5-7-15/h3-10,17,21-22H,11-12H2,1-2H3,(H,23,26). The molecule has 2 aromatic carbocycles. The van der Waals surface area contributed by atoms with Crippen molar-refractivity contribution in [1.29, 1.82) is 0 Å². The molecule has 1 aliphatic heterocycles. The van der Waals surface area contributed by atoms with E-state index in [9.17, 15) is 4.79 Å². The van der Waals surface area contributed by atoms with Gasteiger partial charge in [-0.05, 0) is 36.6 Å². The fraction of sp³-hybridized carbons (Fsp3) is 0.286. The highest BCUT2D eigenvalue weighted by Crippen LogP contribution is 2.26. The molecule has 4 rings (SSSR count). The minimum absolute atomic E-state index is 0.00114. The minimum atomic E-state index is -0.205. The molecule has 0 bridgehead atoms. The molecule has 0 spiro atoms. The molecule has 2 N–H and O–H groups in total. The predicted octanol–water partition coefficient (Wildman–Crippen LogP) is 3.72. The summed E-state index contributed by atoms with van der Waals surface area (Å²) in [5.41, 5.74) is 4.27. The normalized spacial score (nSPS) is 19.4. The number of hydrogen-bond acceptors (Lipinski definition) is 6. The second-order valence-electron chi connectivity index (χ2n) is 6.90. The maximum absolute atomic E-state index is 12.1. The number of nitrogens with one attached hydrogen (secondary N) is 2. The van der Waals surface area contributed by atoms with Crippen LogP contribution in [0.25, 0.3) is 11.4 Å². The molecule has 1 saturated heterocycles. The zero-order valence-electron chi connectivity index (χ0n) is 15.8. The van der Waals surface area contributed by atoms with Gasteiger partial charge in [-0.3, -0.25) is 10.1 Å². The minimum Gasteiger partial charge on any atom is -0.338 e. The Morgan fingerprint density at radius 1 is 1.14 bits per heavy atom. The van der Waals surface area contributed by atoms with E-state index < -0.39 is 0 Å². The maximum Gasteiger partial charge on any atom is 0.237 e. The summed E-state index contributed by atoms with van der Waals surface area (Å²) in [6.07, 6.45) is 0.429. The molecule has 1 amide bonds. The summed E-state index contributed by atoms with van der Waals surface area (Å²) in [5, 5.41) is 10.5. The zero-order valence-corrected chi connectivity index (χ0v) is 16.6. The summed E-state index contributed by atoms with van der Waals surface area (Å²) >= 11 is 1.53. The number of amides is 1. The Hall–Kier alpha value is -2.64. The van der Waals surface area contributed by atoms with Crippen LogP contribution in [-0.2, 0) is 10.5 Å². The van der Waals surface area contributed by atoms with Gasteiger partial charge in [0.2, 0.25) is 17.6 Å². The maximum atomic E-state index is 12.1. The van der Waals surface area contributed by atoms with Crippen LogP contribution in [0.15, 0.2) is 53.1 Å². The summed E-state index contributed by atoms with van der Waals surface area (Å²) in [6.45, 7) is 4.14. The topological polar surface area (TPSA) is 80.0 Å². The Bertz CT molecular complexity index is 974. The molecule has 7 heteroatoms. The lowest BCUT2D eigenvalue weighted by molar-refractivity contribution is -0.123. The van der Waals surface area contributed by atoms with Crippen LogP contribution in [0.1, 0.15) is 35.0 Å². The third-order valence-electron chi connectivity index (χ3n) is 4.84. The van der Waals surface area contributed by atoms with E-state index in [1.165, 1.54) is 22.9 Å². The average molecular weight is 395 g/mol. The average Bonchev–Trinajstić information content (AvgIpc) is 3.18. The number of aryl methyl sites for hydroxylation is 2. The molecule has 0 aliphatic carbocycles. The van der Waals surface area contributed by atoms with Crippen LogP contribution >= 0.6 is 11.8 Å². The molecule has 1 aliphatic rings. The highest BCUT2D eigenvalue weighted by Gasteiger charge is 2.27. The lowest BCUT2D eigenvalue weighted by Crippen LogP contribution is -2.50. The molecule has 28 heavy (non-hydrogen) atoms. The van der Waals surface area contributed by atoms with Crippen LogP contribution in [0.4, 0.5) is 0 Å². The summed E-state index contributed by atoms with van der Waals surface area (Å²) < 4.78 is 5.40. The van der Waals surface area contributed by atoms with Crippen molar-refractivity contribution in [3.8, 4) is 11.4 Å². The van der Waals surface area contributed by atoms with E-state index >= 15 is 0 Å². The van der Waals surface area contributed by atoms with E-state index in [2.05, 4.69) is 46.8 Å². The number of carbonyl (C=O) groups excluding carboxylic acids is 1. The molecule has 2 atom stereocenters. The zero-order chi connectivity index (χ0) is 19.5. The highest BCUT2D eigenvalue weighted by molar-refractivity contribution is 7.99. The number of hydrogen-bond donors (Lipinski definition) is 2. The predicted molar refractivity (Wildman–Crippen MR) is 109 cm³/mol. The first-order valence-electron chi connectivity index (χ1n) is 9.20. The van der Waals surface area contributed by atoms with Crippen molar-refractivity contribution in [2.45, 2.75) is 37.6 Å². The van der Waals surface area contributed by atoms with Gasteiger partial charge in [0.1, 0.15) is 5.50 Å². The Kier molecular flexibility index (Phi) is 5.45. The van der Waals surface area contributed by atoms with Gasteiger partial charge in [-0.1, -0.05) is 47.6 Å². The summed E-state index contributed by atoms with van der Waals surface area (Å²) in [4.78, 5) is 16.6. The lowest BCUT2D eigenvalue weighted by Gasteiger charge is -2.31. The van der Waals surface area contributed by atoms with Gasteiger partial charge >= 0.3 is 0 Å². The van der Waals surface area contributed by atoms with Crippen molar-refractivity contribution >= 4 is 17.7 Å². The number of benzene rings is 2. The van der Waals surface area contributed by atoms with Crippen LogP contribution in [0.3, 0.4) is 0 Å². The van der Waals surface area contributed by atoms with E-state index in [0.29, 0.717) is 23.9 Å². The van der Waals surface area contributed by atoms with Crippen molar-refractivity contribution in [1.82, 2.24) is 20.8 Å². The smallest absolute Gasteiger partial charge is 0.237 e. The van der Waals surface area contributed by atoms with Gasteiger partial charge in [-0.25, -0.2) is 0 Å². The number of carbonyl (C=O) groups is 1. The molecule has 2 unspecified atom stereocenters. The van der Waals surface area contributed by atoms with Crippen LogP contribution in [0.2, 0.25) is 0 Å². The van der Waals surface area contributed by atoms with Crippen molar-refractivity contribution < 1.29 is 9.32 Å². The van der Waals surface area contributed by atoms with E-state index in [0.717, 1.165) is 11.1 Å². The first-order valence-corrected chi connectivity index (χ1v) is 10.3. The molecule has 6 nitrogen and oxygen atoms in total. The highest BCUT2D eigenvalue weighted by atomic mass is 32.2. The Morgan fingerprint density at radius 3 is 2.75 bits per heavy atom. The molecule has 1 fully saturated rings. The van der Waals surface area contributed by atoms with E-state index in [1.54, 1.807) is 0 Å². The van der Waals surface area contributed by atoms with Crippen molar-refractivity contribution in [2.75, 3.05) is 0 Å². The first-order chi connectivity index (χ1) is 13.6. The van der Waals surface area contributed by atoms with Crippen molar-refractivity contribution in [2.24, 2.45) is 0 Å². The SMILES string of the molecule is Cc1ccc(-c2noc(CSC3NC(=O)CC(c4ccccc4)N3)n2)cc1C. The number of nitrogens with zero attached hydrogens (tertiary/aromatic N) is 2.